The minimum atomic E-state index is -4.11. The van der Waals surface area contributed by atoms with Crippen LogP contribution < -0.4 is 25.6 Å². The molecule has 492 valence electrons. The third kappa shape index (κ3) is 20.0. The van der Waals surface area contributed by atoms with Gasteiger partial charge >= 0.3 is 23.9 Å². The maximum absolute atomic E-state index is 14.2. The van der Waals surface area contributed by atoms with Crippen molar-refractivity contribution in [3.05, 3.63) is 172 Å². The molecule has 0 aromatic heterocycles. The molecule has 92 heavy (non-hydrogen) atoms. The van der Waals surface area contributed by atoms with Gasteiger partial charge in [-0.1, -0.05) is 112 Å². The van der Waals surface area contributed by atoms with Gasteiger partial charge in [-0.05, 0) is 143 Å². The molecule has 4 aromatic rings. The summed E-state index contributed by atoms with van der Waals surface area (Å²) in [6, 6.07) is 29.9. The normalized spacial score (nSPS) is 16.9. The molecule has 3 atom stereocenters. The van der Waals surface area contributed by atoms with Crippen molar-refractivity contribution in [3.8, 4) is 5.75 Å². The van der Waals surface area contributed by atoms with Crippen molar-refractivity contribution in [3.63, 3.8) is 0 Å². The van der Waals surface area contributed by atoms with Crippen molar-refractivity contribution in [1.29, 1.82) is 0 Å². The van der Waals surface area contributed by atoms with Crippen LogP contribution in [0.15, 0.2) is 150 Å². The van der Waals surface area contributed by atoms with E-state index in [4.69, 9.17) is 9.84 Å². The van der Waals surface area contributed by atoms with E-state index in [0.717, 1.165) is 72.3 Å². The van der Waals surface area contributed by atoms with E-state index in [1.807, 2.05) is 42.5 Å². The fourth-order valence-corrected chi connectivity index (χ4v) is 12.9. The molecule has 0 radical (unpaired) electrons. The number of urea groups is 1. The molecule has 7 rings (SSSR count). The Morgan fingerprint density at radius 3 is 2.07 bits per heavy atom. The highest BCUT2D eigenvalue weighted by Gasteiger charge is 2.44. The lowest BCUT2D eigenvalue weighted by Gasteiger charge is -2.27. The SMILES string of the molecule is CCCCN1/C(=C/C=C2\CCCC(/C=C/C3=[N+](CCCCS(=O)(=O)O)c4ccccc4C3(C)C)=C2Oc2ccc(C[C@H](CC(=O)[C@H](Cc3ccccc3)NC(=O)CCCCC(=O)CC[C@H](NC(=O)NCCCC(=O)O)C(=O)O)C(=O)O)cc2)C(C)(C)c2ccccc21. The minimum absolute atomic E-state index is 0.0116. The molecular formula is C72H90N5O14S+. The lowest BCUT2D eigenvalue weighted by atomic mass is 9.81. The molecule has 19 nitrogen and oxygen atoms in total. The van der Waals surface area contributed by atoms with E-state index in [1.54, 1.807) is 24.3 Å². The van der Waals surface area contributed by atoms with Gasteiger partial charge in [-0.15, -0.1) is 0 Å². The summed E-state index contributed by atoms with van der Waals surface area (Å²) in [5, 5.41) is 36.5. The summed E-state index contributed by atoms with van der Waals surface area (Å²) in [6.07, 6.45) is 14.0. The van der Waals surface area contributed by atoms with Crippen molar-refractivity contribution >= 4 is 68.6 Å². The summed E-state index contributed by atoms with van der Waals surface area (Å²) >= 11 is 0. The summed E-state index contributed by atoms with van der Waals surface area (Å²) in [6.45, 7) is 12.5. The minimum Gasteiger partial charge on any atom is -0.481 e. The van der Waals surface area contributed by atoms with E-state index in [2.05, 4.69) is 121 Å². The van der Waals surface area contributed by atoms with Crippen LogP contribution in [0.4, 0.5) is 16.2 Å². The second-order valence-corrected chi connectivity index (χ2v) is 26.7. The first-order valence-electron chi connectivity index (χ1n) is 32.1. The number of para-hydroxylation sites is 2. The molecule has 0 spiro atoms. The summed E-state index contributed by atoms with van der Waals surface area (Å²) in [5.41, 5.74) is 9.63. The Morgan fingerprint density at radius 1 is 0.685 bits per heavy atom. The van der Waals surface area contributed by atoms with Gasteiger partial charge in [0.15, 0.2) is 11.5 Å². The van der Waals surface area contributed by atoms with E-state index >= 15 is 0 Å². The zero-order valence-corrected chi connectivity index (χ0v) is 54.4. The van der Waals surface area contributed by atoms with Gasteiger partial charge < -0.3 is 40.9 Å². The Bertz CT molecular complexity index is 3590. The number of anilines is 1. The van der Waals surface area contributed by atoms with Crippen LogP contribution in [0.3, 0.4) is 0 Å². The number of carbonyl (C=O) groups excluding carboxylic acids is 4. The quantitative estimate of drug-likeness (QED) is 0.0127. The molecule has 20 heteroatoms. The summed E-state index contributed by atoms with van der Waals surface area (Å²) in [7, 11) is -4.11. The van der Waals surface area contributed by atoms with Gasteiger partial charge in [0.05, 0.1) is 23.1 Å². The lowest BCUT2D eigenvalue weighted by molar-refractivity contribution is -0.438. The highest BCUT2D eigenvalue weighted by molar-refractivity contribution is 7.85. The van der Waals surface area contributed by atoms with Crippen LogP contribution in [-0.2, 0) is 62.6 Å². The van der Waals surface area contributed by atoms with E-state index in [0.29, 0.717) is 42.9 Å². The molecular weight excluding hydrogens is 1190 g/mol. The Labute approximate surface area is 540 Å². The van der Waals surface area contributed by atoms with Crippen LogP contribution in [0.25, 0.3) is 0 Å². The number of hydrogen-bond donors (Lipinski definition) is 7. The number of nitrogens with one attached hydrogen (secondary N) is 3. The van der Waals surface area contributed by atoms with Crippen molar-refractivity contribution in [2.45, 2.75) is 173 Å². The van der Waals surface area contributed by atoms with Crippen LogP contribution in [0.1, 0.15) is 160 Å². The van der Waals surface area contributed by atoms with Gasteiger partial charge in [-0.2, -0.15) is 13.0 Å². The zero-order chi connectivity index (χ0) is 66.6. The molecule has 1 aliphatic carbocycles. The number of aliphatic carboxylic acids is 3. The van der Waals surface area contributed by atoms with Crippen LogP contribution in [-0.4, -0.2) is 117 Å². The molecule has 4 aromatic carbocycles. The number of carbonyl (C=O) groups is 7. The van der Waals surface area contributed by atoms with E-state index < -0.39 is 69.2 Å². The Hall–Kier alpha value is -8.49. The van der Waals surface area contributed by atoms with Crippen LogP contribution in [0.2, 0.25) is 0 Å². The molecule has 0 fully saturated rings. The fourth-order valence-electron chi connectivity index (χ4n) is 12.4. The monoisotopic (exact) mass is 1280 g/mol. The van der Waals surface area contributed by atoms with Gasteiger partial charge in [0.2, 0.25) is 11.6 Å². The number of carboxylic acid groups (broad SMARTS) is 3. The van der Waals surface area contributed by atoms with Gasteiger partial charge in [0, 0.05) is 86.1 Å². The molecule has 3 aliphatic rings. The predicted octanol–water partition coefficient (Wildman–Crippen LogP) is 11.7. The molecule has 7 N–H and O–H groups in total. The smallest absolute Gasteiger partial charge is 0.326 e. The molecule has 0 unspecified atom stereocenters. The van der Waals surface area contributed by atoms with E-state index in [9.17, 15) is 56.7 Å². The molecule has 0 bridgehead atoms. The molecule has 0 saturated heterocycles. The molecule has 2 heterocycles. The number of benzene rings is 4. The Kier molecular flexibility index (Phi) is 25.6. The standard InChI is InChI=1S/C72H89N5O14S/c1-6-7-43-76-60-28-14-12-26-56(60)71(2,3)63(76)40-34-51-23-19-24-52(35-41-64-72(4,5)57-27-13-15-29-61(57)77(64)44-17-18-45-92(88,89)90)67(51)91-55-37-32-50(33-38-55)46-53(68(83)84)48-62(79)59(47-49-21-9-8-10-22-49)74-65(80)30-16-11-25-54(78)36-39-58(69(85)86)75-70(87)73-42-20-31-66(81)82/h8-10,12-15,21-22,26-29,32-35,37-38,40-41,53,58-59H,6-7,11,16-20,23-25,30-31,36,39,42-48H2,1-5H3,(H6-,73,74,75,80,81,82,83,84,85,86,87,88,89,90)/p+1/t53-,58+,59+/m1/s1. The highest BCUT2D eigenvalue weighted by atomic mass is 32.2. The van der Waals surface area contributed by atoms with E-state index in [1.165, 1.54) is 16.9 Å². The van der Waals surface area contributed by atoms with Crippen molar-refractivity contribution < 1.29 is 71.2 Å². The number of hydrogen-bond acceptors (Lipinski definition) is 11. The van der Waals surface area contributed by atoms with Crippen LogP contribution in [0.5, 0.6) is 5.75 Å². The van der Waals surface area contributed by atoms with Crippen LogP contribution in [0, 0.1) is 5.92 Å². The first kappa shape index (κ1) is 71.0. The predicted molar refractivity (Wildman–Crippen MR) is 354 cm³/mol. The van der Waals surface area contributed by atoms with Crippen molar-refractivity contribution in [2.24, 2.45) is 5.92 Å². The van der Waals surface area contributed by atoms with Gasteiger partial charge in [0.25, 0.3) is 10.1 Å². The fraction of sp³-hybridized carbons (Fsp3) is 0.444. The number of unbranched alkanes of at least 4 members (excludes halogenated alkanes) is 3. The first-order valence-corrected chi connectivity index (χ1v) is 33.7. The second-order valence-electron chi connectivity index (χ2n) is 25.1. The molecule has 3 amide bonds. The van der Waals surface area contributed by atoms with Crippen LogP contribution >= 0.6 is 0 Å². The van der Waals surface area contributed by atoms with Gasteiger partial charge in [0.1, 0.15) is 29.9 Å². The first-order chi connectivity index (χ1) is 43.9. The topological polar surface area (TPSA) is 286 Å². The number of amides is 3. The maximum Gasteiger partial charge on any atom is 0.326 e. The number of ketones is 2. The Morgan fingerprint density at radius 2 is 1.37 bits per heavy atom. The lowest BCUT2D eigenvalue weighted by Crippen LogP contribution is -2.46. The highest BCUT2D eigenvalue weighted by Crippen LogP contribution is 2.48. The molecule has 2 aliphatic heterocycles. The number of fused-ring (bicyclic) bond motifs is 2. The number of rotatable bonds is 36. The molecule has 0 saturated carbocycles. The number of nitrogens with zero attached hydrogens (tertiary/aromatic N) is 2. The average molecular weight is 1280 g/mol. The summed E-state index contributed by atoms with van der Waals surface area (Å²) in [4.78, 5) is 90.5. The van der Waals surface area contributed by atoms with Gasteiger partial charge in [-0.25, -0.2) is 9.59 Å². The third-order valence-electron chi connectivity index (χ3n) is 17.4. The van der Waals surface area contributed by atoms with E-state index in [-0.39, 0.29) is 87.7 Å². The zero-order valence-electron chi connectivity index (χ0n) is 53.6. The second kappa shape index (κ2) is 33.2. The van der Waals surface area contributed by atoms with Crippen molar-refractivity contribution in [2.75, 3.05) is 30.3 Å². The van der Waals surface area contributed by atoms with Crippen molar-refractivity contribution in [1.82, 2.24) is 16.0 Å². The number of allylic oxidation sites excluding steroid dienone is 7. The number of carboxylic acids is 3. The maximum atomic E-state index is 14.2. The summed E-state index contributed by atoms with van der Waals surface area (Å²) in [5.74, 6) is -4.94. The van der Waals surface area contributed by atoms with Gasteiger partial charge in [-0.3, -0.25) is 28.5 Å². The number of ether oxygens (including phenoxy) is 1. The number of Topliss-reactive ketones (excluding diaryl/α,β-unsaturated/α-hetero) is 2. The summed E-state index contributed by atoms with van der Waals surface area (Å²) < 4.78 is 42.1. The largest absolute Gasteiger partial charge is 0.481 e. The average Bonchev–Trinajstić information content (AvgIpc) is 1.60. The Balaban J connectivity index is 1.07. The third-order valence-corrected chi connectivity index (χ3v) is 18.2.